The van der Waals surface area contributed by atoms with Crippen LogP contribution in [0.2, 0.25) is 10.0 Å². The fourth-order valence-corrected chi connectivity index (χ4v) is 5.07. The maximum Gasteiger partial charge on any atom is 0.264 e. The minimum absolute atomic E-state index is 0.0384. The Labute approximate surface area is 198 Å². The molecule has 0 spiro atoms. The van der Waals surface area contributed by atoms with Gasteiger partial charge in [-0.25, -0.2) is 8.42 Å². The van der Waals surface area contributed by atoms with Crippen LogP contribution in [0.25, 0.3) is 0 Å². The van der Waals surface area contributed by atoms with Gasteiger partial charge in [0.15, 0.2) is 0 Å². The number of benzene rings is 3. The molecule has 3 aromatic rings. The van der Waals surface area contributed by atoms with Gasteiger partial charge in [-0.3, -0.25) is 9.10 Å². The molecule has 0 aliphatic carbocycles. The number of nitrogens with zero attached hydrogens (tertiary/aromatic N) is 1. The maximum atomic E-state index is 13.4. The fourth-order valence-electron chi connectivity index (χ4n) is 3.28. The van der Waals surface area contributed by atoms with Crippen LogP contribution in [-0.4, -0.2) is 20.9 Å². The normalized spacial score (nSPS) is 11.1. The molecule has 32 heavy (non-hydrogen) atoms. The van der Waals surface area contributed by atoms with Crippen LogP contribution in [0.15, 0.2) is 78.2 Å². The molecule has 3 aromatic carbocycles. The largest absolute Gasteiger partial charge is 0.322 e. The highest BCUT2D eigenvalue weighted by Gasteiger charge is 2.26. The fraction of sp³-hybridized carbons (Fsp3) is 0.125. The third kappa shape index (κ3) is 5.33. The lowest BCUT2D eigenvalue weighted by Crippen LogP contribution is -2.31. The van der Waals surface area contributed by atoms with Gasteiger partial charge in [-0.2, -0.15) is 0 Å². The van der Waals surface area contributed by atoms with Gasteiger partial charge < -0.3 is 5.32 Å². The Balaban J connectivity index is 1.99. The van der Waals surface area contributed by atoms with Crippen molar-refractivity contribution in [1.82, 2.24) is 0 Å². The van der Waals surface area contributed by atoms with E-state index in [4.69, 9.17) is 23.2 Å². The average Bonchev–Trinajstić information content (AvgIpc) is 2.72. The molecule has 0 saturated heterocycles. The summed E-state index contributed by atoms with van der Waals surface area (Å²) in [6.07, 6.45) is 1.48. The first-order valence-corrected chi connectivity index (χ1v) is 11.9. The zero-order valence-electron chi connectivity index (χ0n) is 17.6. The smallest absolute Gasteiger partial charge is 0.264 e. The number of halogens is 2. The lowest BCUT2D eigenvalue weighted by Gasteiger charge is -2.23. The van der Waals surface area contributed by atoms with Crippen molar-refractivity contribution in [3.05, 3.63) is 100 Å². The van der Waals surface area contributed by atoms with Crippen molar-refractivity contribution < 1.29 is 13.2 Å². The molecule has 0 atom stereocenters. The summed E-state index contributed by atoms with van der Waals surface area (Å²) in [5.41, 5.74) is 3.06. The van der Waals surface area contributed by atoms with Gasteiger partial charge in [0.1, 0.15) is 0 Å². The number of anilines is 2. The SMILES string of the molecule is C=CCN(c1ccc(Cl)cc1)S(=O)(=O)c1ccc(Cl)c(C(=O)Nc2cc(C)cc(C)c2)c1. The molecule has 0 aliphatic heterocycles. The standard InChI is InChI=1S/C24H22Cl2N2O3S/c1-4-11-28(20-7-5-18(25)6-8-20)32(30,31)21-9-10-23(26)22(15-21)24(29)27-19-13-16(2)12-17(3)14-19/h4-10,12-15H,1,11H2,2-3H3,(H,27,29). The van der Waals surface area contributed by atoms with Gasteiger partial charge in [-0.05, 0) is 79.6 Å². The number of nitrogens with one attached hydrogen (secondary N) is 1. The minimum Gasteiger partial charge on any atom is -0.322 e. The number of carbonyl (C=O) groups excluding carboxylic acids is 1. The number of carbonyl (C=O) groups is 1. The molecule has 0 radical (unpaired) electrons. The van der Waals surface area contributed by atoms with E-state index < -0.39 is 15.9 Å². The van der Waals surface area contributed by atoms with Crippen LogP contribution >= 0.6 is 23.2 Å². The highest BCUT2D eigenvalue weighted by Crippen LogP contribution is 2.28. The van der Waals surface area contributed by atoms with Gasteiger partial charge in [-0.15, -0.1) is 6.58 Å². The summed E-state index contributed by atoms with van der Waals surface area (Å²) in [5, 5.41) is 3.42. The molecular weight excluding hydrogens is 467 g/mol. The number of aryl methyl sites for hydroxylation is 2. The summed E-state index contributed by atoms with van der Waals surface area (Å²) in [6.45, 7) is 7.54. The topological polar surface area (TPSA) is 66.5 Å². The molecule has 166 valence electrons. The molecule has 5 nitrogen and oxygen atoms in total. The predicted molar refractivity (Wildman–Crippen MR) is 132 cm³/mol. The van der Waals surface area contributed by atoms with Crippen LogP contribution in [0.4, 0.5) is 11.4 Å². The Bertz CT molecular complexity index is 1250. The van der Waals surface area contributed by atoms with Crippen molar-refractivity contribution in [3.63, 3.8) is 0 Å². The van der Waals surface area contributed by atoms with Crippen LogP contribution in [0.5, 0.6) is 0 Å². The summed E-state index contributed by atoms with van der Waals surface area (Å²) in [7, 11) is -4.01. The molecular formula is C24H22Cl2N2O3S. The lowest BCUT2D eigenvalue weighted by atomic mass is 10.1. The molecule has 0 saturated carbocycles. The lowest BCUT2D eigenvalue weighted by molar-refractivity contribution is 0.102. The third-order valence-corrected chi connectivity index (χ3v) is 7.03. The van der Waals surface area contributed by atoms with E-state index in [9.17, 15) is 13.2 Å². The summed E-state index contributed by atoms with van der Waals surface area (Å²) in [5.74, 6) is -0.501. The van der Waals surface area contributed by atoms with Gasteiger partial charge in [0.05, 0.1) is 27.7 Å². The molecule has 0 fully saturated rings. The van der Waals surface area contributed by atoms with Gasteiger partial charge in [0.25, 0.3) is 15.9 Å². The van der Waals surface area contributed by atoms with E-state index in [-0.39, 0.29) is 22.0 Å². The summed E-state index contributed by atoms with van der Waals surface area (Å²) in [4.78, 5) is 12.8. The van der Waals surface area contributed by atoms with Crippen LogP contribution in [0.3, 0.4) is 0 Å². The number of hydrogen-bond donors (Lipinski definition) is 1. The van der Waals surface area contributed by atoms with E-state index in [1.54, 1.807) is 24.3 Å². The Kier molecular flexibility index (Phi) is 7.29. The van der Waals surface area contributed by atoms with Gasteiger partial charge in [-0.1, -0.05) is 35.3 Å². The van der Waals surface area contributed by atoms with Crippen molar-refractivity contribution in [3.8, 4) is 0 Å². The molecule has 8 heteroatoms. The molecule has 0 bridgehead atoms. The second kappa shape index (κ2) is 9.77. The Morgan fingerprint density at radius 1 is 1.00 bits per heavy atom. The van der Waals surface area contributed by atoms with Crippen LogP contribution < -0.4 is 9.62 Å². The molecule has 1 N–H and O–H groups in total. The first kappa shape index (κ1) is 23.9. The van der Waals surface area contributed by atoms with Gasteiger partial charge in [0, 0.05) is 10.7 Å². The van der Waals surface area contributed by atoms with Crippen LogP contribution in [0, 0.1) is 13.8 Å². The number of sulfonamides is 1. The first-order chi connectivity index (χ1) is 15.1. The summed E-state index contributed by atoms with van der Waals surface area (Å²) < 4.78 is 28.0. The van der Waals surface area contributed by atoms with Gasteiger partial charge in [0.2, 0.25) is 0 Å². The van der Waals surface area contributed by atoms with E-state index in [0.29, 0.717) is 16.4 Å². The highest BCUT2D eigenvalue weighted by atomic mass is 35.5. The zero-order valence-corrected chi connectivity index (χ0v) is 19.9. The Morgan fingerprint density at radius 3 is 2.22 bits per heavy atom. The molecule has 0 aromatic heterocycles. The number of rotatable bonds is 7. The first-order valence-electron chi connectivity index (χ1n) is 9.70. The van der Waals surface area contributed by atoms with E-state index in [2.05, 4.69) is 11.9 Å². The predicted octanol–water partition coefficient (Wildman–Crippen LogP) is 6.24. The van der Waals surface area contributed by atoms with Crippen LogP contribution in [0.1, 0.15) is 21.5 Å². The van der Waals surface area contributed by atoms with Crippen molar-refractivity contribution in [2.45, 2.75) is 18.7 Å². The zero-order chi connectivity index (χ0) is 23.5. The van der Waals surface area contributed by atoms with E-state index in [0.717, 1.165) is 11.1 Å². The number of amides is 1. The van der Waals surface area contributed by atoms with Crippen molar-refractivity contribution in [2.24, 2.45) is 0 Å². The second-order valence-electron chi connectivity index (χ2n) is 7.27. The Hall–Kier alpha value is -2.80. The Morgan fingerprint density at radius 2 is 1.62 bits per heavy atom. The van der Waals surface area contributed by atoms with Crippen molar-refractivity contribution in [1.29, 1.82) is 0 Å². The molecule has 0 heterocycles. The van der Waals surface area contributed by atoms with E-state index in [1.807, 2.05) is 32.0 Å². The minimum atomic E-state index is -4.01. The van der Waals surface area contributed by atoms with E-state index in [1.165, 1.54) is 28.6 Å². The van der Waals surface area contributed by atoms with Crippen LogP contribution in [-0.2, 0) is 10.0 Å². The average molecular weight is 489 g/mol. The number of hydrogen-bond acceptors (Lipinski definition) is 3. The molecule has 1 amide bonds. The summed E-state index contributed by atoms with van der Waals surface area (Å²) >= 11 is 12.2. The highest BCUT2D eigenvalue weighted by molar-refractivity contribution is 7.92. The monoisotopic (exact) mass is 488 g/mol. The quantitative estimate of drug-likeness (QED) is 0.400. The summed E-state index contributed by atoms with van der Waals surface area (Å²) in [6, 6.07) is 16.1. The third-order valence-electron chi connectivity index (χ3n) is 4.66. The van der Waals surface area contributed by atoms with E-state index >= 15 is 0 Å². The van der Waals surface area contributed by atoms with Crippen molar-refractivity contribution in [2.75, 3.05) is 16.2 Å². The van der Waals surface area contributed by atoms with Gasteiger partial charge >= 0.3 is 0 Å². The van der Waals surface area contributed by atoms with Crippen molar-refractivity contribution >= 4 is 50.5 Å². The molecule has 3 rings (SSSR count). The maximum absolute atomic E-state index is 13.4. The second-order valence-corrected chi connectivity index (χ2v) is 9.98. The molecule has 0 aliphatic rings. The molecule has 0 unspecified atom stereocenters.